The highest BCUT2D eigenvalue weighted by molar-refractivity contribution is 5.72. The molecule has 376 valence electrons. The lowest BCUT2D eigenvalue weighted by Gasteiger charge is -2.55. The molecular weight excluding hydrogens is 849 g/mol. The Morgan fingerprint density at radius 2 is 1.37 bits per heavy atom. The van der Waals surface area contributed by atoms with E-state index in [2.05, 4.69) is 25.7 Å². The fourth-order valence-corrected chi connectivity index (χ4v) is 13.4. The number of carbonyl (C=O) groups excluding carboxylic acids is 1. The fourth-order valence-electron chi connectivity index (χ4n) is 13.4. The third-order valence-electron chi connectivity index (χ3n) is 17.4. The van der Waals surface area contributed by atoms with Crippen molar-refractivity contribution >= 4 is 5.97 Å². The fraction of sp³-hybridized carbons (Fsp3) is 0.979. The molecule has 7 heterocycles. The number of hydrogen-bond acceptors (Lipinski definition) is 17. The zero-order valence-corrected chi connectivity index (χ0v) is 41.3. The van der Waals surface area contributed by atoms with Crippen LogP contribution >= 0.6 is 0 Å². The molecule has 7 aliphatic heterocycles. The molecule has 7 rings (SSSR count). The normalized spacial score (nSPS) is 53.4. The molecule has 0 radical (unpaired) electrons. The lowest BCUT2D eigenvalue weighted by Crippen LogP contribution is -2.67. The van der Waals surface area contributed by atoms with Gasteiger partial charge in [0.15, 0.2) is 17.9 Å². The highest BCUT2D eigenvalue weighted by Crippen LogP contribution is 2.57. The number of aliphatic hydroxyl groups excluding tert-OH is 1. The number of rotatable bonds is 13. The maximum atomic E-state index is 12.8. The summed E-state index contributed by atoms with van der Waals surface area (Å²) in [6.45, 7) is 19.2. The van der Waals surface area contributed by atoms with E-state index in [-0.39, 0.29) is 66.4 Å². The van der Waals surface area contributed by atoms with Gasteiger partial charge in [-0.15, -0.1) is 0 Å². The summed E-state index contributed by atoms with van der Waals surface area (Å²) in [7, 11) is 6.74. The van der Waals surface area contributed by atoms with Gasteiger partial charge in [-0.25, -0.2) is 4.79 Å². The highest BCUT2D eigenvalue weighted by Gasteiger charge is 2.69. The van der Waals surface area contributed by atoms with Crippen LogP contribution in [0.15, 0.2) is 0 Å². The van der Waals surface area contributed by atoms with Crippen LogP contribution in [0.3, 0.4) is 0 Å². The quantitative estimate of drug-likeness (QED) is 0.161. The Hall–Kier alpha value is -1.13. The van der Waals surface area contributed by atoms with E-state index in [1.807, 2.05) is 27.7 Å². The summed E-state index contributed by atoms with van der Waals surface area (Å²) in [6, 6.07) is 0. The molecule has 17 heteroatoms. The molecule has 7 aliphatic rings. The van der Waals surface area contributed by atoms with Crippen LogP contribution in [0.1, 0.15) is 121 Å². The van der Waals surface area contributed by atoms with E-state index >= 15 is 0 Å². The van der Waals surface area contributed by atoms with Crippen LogP contribution in [0.5, 0.6) is 0 Å². The van der Waals surface area contributed by atoms with Gasteiger partial charge in [0.05, 0.1) is 91.4 Å². The van der Waals surface area contributed by atoms with Gasteiger partial charge in [0.2, 0.25) is 0 Å². The first-order valence-electron chi connectivity index (χ1n) is 24.4. The van der Waals surface area contributed by atoms with Crippen LogP contribution in [-0.2, 0) is 66.5 Å². The number of carbonyl (C=O) groups is 1. The van der Waals surface area contributed by atoms with Gasteiger partial charge in [-0.1, -0.05) is 34.6 Å². The minimum Gasteiger partial charge on any atom is -0.392 e. The molecule has 0 aromatic carbocycles. The van der Waals surface area contributed by atoms with E-state index in [0.717, 1.165) is 25.7 Å². The second kappa shape index (κ2) is 19.9. The van der Waals surface area contributed by atoms with Crippen molar-refractivity contribution in [1.82, 2.24) is 0 Å². The SMILES string of the molecule is CO[C@H]1CC[C@H](O[C@@]2(C)[C@H](C[C@@H]3C[C@@H](OC)[C@@H](C)C4(O3)O[C@](C)(C3CCC([C@@H]5CC[C@H](C6O[C@](C)(O)[C@H](C)[C@H](O)[C@@H]6C)O5)O3)[C@H](OC)[C@H]4C)OC([C@@H](C)C(=O)OO)[C@H](C)[C@@H]2OC)O[C@@H]1C. The molecule has 17 nitrogen and oxygen atoms in total. The summed E-state index contributed by atoms with van der Waals surface area (Å²) in [4.78, 5) is 17.1. The Morgan fingerprint density at radius 1 is 0.723 bits per heavy atom. The summed E-state index contributed by atoms with van der Waals surface area (Å²) >= 11 is 0. The second-order valence-corrected chi connectivity index (χ2v) is 21.3. The predicted molar refractivity (Wildman–Crippen MR) is 232 cm³/mol. The summed E-state index contributed by atoms with van der Waals surface area (Å²) in [6.07, 6.45) is -1.00. The molecule has 0 aromatic heterocycles. The van der Waals surface area contributed by atoms with Gasteiger partial charge in [-0.3, -0.25) is 0 Å². The van der Waals surface area contributed by atoms with Crippen LogP contribution in [0.4, 0.5) is 0 Å². The predicted octanol–water partition coefficient (Wildman–Crippen LogP) is 5.17. The van der Waals surface area contributed by atoms with E-state index in [1.54, 1.807) is 49.2 Å². The summed E-state index contributed by atoms with van der Waals surface area (Å²) in [5, 5.41) is 31.4. The van der Waals surface area contributed by atoms with Crippen LogP contribution < -0.4 is 0 Å². The second-order valence-electron chi connectivity index (χ2n) is 21.3. The zero-order valence-electron chi connectivity index (χ0n) is 41.3. The first-order chi connectivity index (χ1) is 30.6. The average molecular weight is 931 g/mol. The monoisotopic (exact) mass is 931 g/mol. The summed E-state index contributed by atoms with van der Waals surface area (Å²) in [5.74, 6) is -5.74. The minimum atomic E-state index is -1.46. The lowest BCUT2D eigenvalue weighted by atomic mass is 9.73. The van der Waals surface area contributed by atoms with Gasteiger partial charge in [-0.05, 0) is 66.7 Å². The van der Waals surface area contributed by atoms with Crippen molar-refractivity contribution in [1.29, 1.82) is 0 Å². The van der Waals surface area contributed by atoms with Gasteiger partial charge in [0.25, 0.3) is 0 Å². The van der Waals surface area contributed by atoms with Crippen molar-refractivity contribution in [3.8, 4) is 0 Å². The van der Waals surface area contributed by atoms with Crippen LogP contribution in [0.25, 0.3) is 0 Å². The Kier molecular flexibility index (Phi) is 15.9. The molecule has 25 atom stereocenters. The zero-order chi connectivity index (χ0) is 47.6. The molecule has 3 N–H and O–H groups in total. The van der Waals surface area contributed by atoms with E-state index in [4.69, 9.17) is 56.8 Å². The summed E-state index contributed by atoms with van der Waals surface area (Å²) in [5.41, 5.74) is -2.01. The van der Waals surface area contributed by atoms with Crippen molar-refractivity contribution in [3.05, 3.63) is 0 Å². The van der Waals surface area contributed by atoms with Gasteiger partial charge < -0.3 is 71.9 Å². The van der Waals surface area contributed by atoms with Gasteiger partial charge >= 0.3 is 5.97 Å². The number of aliphatic hydroxyl groups is 2. The largest absolute Gasteiger partial charge is 0.392 e. The third kappa shape index (κ3) is 9.23. The number of ether oxygens (including phenoxy) is 12. The molecule has 0 bridgehead atoms. The molecule has 7 fully saturated rings. The van der Waals surface area contributed by atoms with Gasteiger partial charge in [0.1, 0.15) is 11.2 Å². The Labute approximate surface area is 386 Å². The van der Waals surface area contributed by atoms with Crippen LogP contribution in [0, 0.1) is 35.5 Å². The molecule has 0 aliphatic carbocycles. The van der Waals surface area contributed by atoms with E-state index in [0.29, 0.717) is 25.7 Å². The van der Waals surface area contributed by atoms with Crippen molar-refractivity contribution in [3.63, 3.8) is 0 Å². The molecule has 65 heavy (non-hydrogen) atoms. The maximum Gasteiger partial charge on any atom is 0.347 e. The van der Waals surface area contributed by atoms with Gasteiger partial charge in [-0.2, -0.15) is 5.26 Å². The Balaban J connectivity index is 1.12. The van der Waals surface area contributed by atoms with Crippen molar-refractivity contribution in [2.75, 3.05) is 28.4 Å². The van der Waals surface area contributed by atoms with Crippen LogP contribution in [0.2, 0.25) is 0 Å². The topological polar surface area (TPSA) is 198 Å². The molecule has 7 saturated heterocycles. The molecule has 5 unspecified atom stereocenters. The first kappa shape index (κ1) is 51.7. The minimum absolute atomic E-state index is 0.0588. The van der Waals surface area contributed by atoms with Crippen LogP contribution in [-0.4, -0.2) is 164 Å². The van der Waals surface area contributed by atoms with Crippen molar-refractivity contribution in [2.24, 2.45) is 35.5 Å². The summed E-state index contributed by atoms with van der Waals surface area (Å²) < 4.78 is 79.5. The van der Waals surface area contributed by atoms with Crippen molar-refractivity contribution < 1.29 is 82.0 Å². The van der Waals surface area contributed by atoms with Gasteiger partial charge in [0, 0.05) is 77.3 Å². The third-order valence-corrected chi connectivity index (χ3v) is 17.4. The first-order valence-corrected chi connectivity index (χ1v) is 24.4. The Bertz CT molecular complexity index is 1600. The smallest absolute Gasteiger partial charge is 0.347 e. The maximum absolute atomic E-state index is 12.8. The number of hydrogen-bond donors (Lipinski definition) is 3. The van der Waals surface area contributed by atoms with E-state index < -0.39 is 89.6 Å². The molecule has 0 amide bonds. The molecule has 0 saturated carbocycles. The highest BCUT2D eigenvalue weighted by atomic mass is 17.1. The standard InChI is InChI=1S/C48H82O17/c1-23-39(49)27(5)47(10,51)63-41(23)34-16-15-32(58-34)33-17-19-36(59-33)46(9)43(56-14)28(6)48(65-46)26(4)35(54-12)21-30(61-48)22-37-45(8,62-38-20-18-31(53-11)29(7)57-38)42(55-13)24(2)40(60-37)25(3)44(50)64-52/h23-43,49,51-52H,15-22H2,1-14H3/t23-,24-,25+,26+,27+,28+,29+,30-,31-,32-,33?,34+,35+,36?,37-,38-,39+,40?,41?,42-,43+,45-,46+,47-,48?/m0/s1. The van der Waals surface area contributed by atoms with E-state index in [9.17, 15) is 20.3 Å². The van der Waals surface area contributed by atoms with Crippen molar-refractivity contribution in [2.45, 2.75) is 235 Å². The Morgan fingerprint density at radius 3 is 2.00 bits per heavy atom. The molecule has 0 aromatic rings. The molecule has 1 spiro atoms. The lowest BCUT2D eigenvalue weighted by molar-refractivity contribution is -0.363. The molecular formula is C48H82O17. The number of methoxy groups -OCH3 is 4. The average Bonchev–Trinajstić information content (AvgIpc) is 4.02. The van der Waals surface area contributed by atoms with E-state index in [1.165, 1.54) is 0 Å².